The second-order valence-corrected chi connectivity index (χ2v) is 6.05. The van der Waals surface area contributed by atoms with Crippen LogP contribution in [0.4, 0.5) is 32.0 Å². The predicted molar refractivity (Wildman–Crippen MR) is 93.1 cm³/mol. The Kier molecular flexibility index (Phi) is 5.47. The number of hydrogen-bond donors (Lipinski definition) is 1. The number of rotatable bonds is 4. The normalized spacial score (nSPS) is 12.1. The van der Waals surface area contributed by atoms with Crippen LogP contribution in [-0.2, 0) is 17.1 Å². The van der Waals surface area contributed by atoms with Gasteiger partial charge in [-0.15, -0.1) is 0 Å². The first kappa shape index (κ1) is 21.2. The zero-order valence-corrected chi connectivity index (χ0v) is 14.7. The number of carbonyl (C=O) groups is 1. The van der Waals surface area contributed by atoms with E-state index >= 15 is 0 Å². The summed E-state index contributed by atoms with van der Waals surface area (Å²) in [7, 11) is 0. The van der Waals surface area contributed by atoms with Crippen molar-refractivity contribution in [3.05, 3.63) is 70.1 Å². The summed E-state index contributed by atoms with van der Waals surface area (Å²) < 4.78 is 86.5. The van der Waals surface area contributed by atoms with Crippen LogP contribution >= 0.6 is 0 Å². The first-order valence-corrected chi connectivity index (χ1v) is 8.18. The highest BCUT2D eigenvalue weighted by Gasteiger charge is 2.34. The quantitative estimate of drug-likeness (QED) is 0.474. The molecule has 1 N–H and O–H groups in total. The van der Waals surface area contributed by atoms with E-state index in [1.54, 1.807) is 0 Å². The summed E-state index contributed by atoms with van der Waals surface area (Å²) in [6.45, 7) is -0.588. The molecule has 1 amide bonds. The molecule has 3 aromatic rings. The molecule has 0 saturated heterocycles. The Labute approximate surface area is 163 Å². The predicted octanol–water partition coefficient (Wildman–Crippen LogP) is 4.85. The number of benzene rings is 2. The summed E-state index contributed by atoms with van der Waals surface area (Å²) in [6, 6.07) is 7.25. The van der Waals surface area contributed by atoms with Crippen LogP contribution < -0.4 is 15.7 Å². The molecule has 3 rings (SSSR count). The maximum Gasteiger partial charge on any atom is 0.417 e. The van der Waals surface area contributed by atoms with Crippen LogP contribution in [0, 0.1) is 0 Å². The third-order valence-electron chi connectivity index (χ3n) is 3.89. The van der Waals surface area contributed by atoms with Crippen LogP contribution in [0.15, 0.2) is 57.7 Å². The van der Waals surface area contributed by atoms with Crippen molar-refractivity contribution in [2.45, 2.75) is 12.4 Å². The van der Waals surface area contributed by atoms with Crippen LogP contribution in [0.1, 0.15) is 11.1 Å². The van der Waals surface area contributed by atoms with Crippen molar-refractivity contribution in [1.82, 2.24) is 0 Å². The number of anilines is 1. The maximum atomic E-state index is 13.0. The first-order chi connectivity index (χ1) is 13.9. The molecule has 30 heavy (non-hydrogen) atoms. The van der Waals surface area contributed by atoms with E-state index in [1.165, 1.54) is 0 Å². The monoisotopic (exact) mass is 431 g/mol. The minimum Gasteiger partial charge on any atom is -0.484 e. The molecule has 5 nitrogen and oxygen atoms in total. The van der Waals surface area contributed by atoms with Gasteiger partial charge in [0.05, 0.1) is 11.1 Å². The molecule has 0 bridgehead atoms. The molecule has 0 radical (unpaired) electrons. The van der Waals surface area contributed by atoms with Gasteiger partial charge in [0.1, 0.15) is 11.3 Å². The molecule has 0 spiro atoms. The number of nitrogens with one attached hydrogen (secondary N) is 1. The standard InChI is InChI=1S/C19H11F6NO4/c20-18(21,22)10-1-3-11(4-2-10)26-16(27)9-29-12-5-6-13-14(19(23,24)25)8-17(28)30-15(13)7-12/h1-8H,9H2,(H,26,27). The highest BCUT2D eigenvalue weighted by atomic mass is 19.4. The number of hydrogen-bond acceptors (Lipinski definition) is 4. The number of amides is 1. The Morgan fingerprint density at radius 1 is 0.933 bits per heavy atom. The number of ether oxygens (including phenoxy) is 1. The van der Waals surface area contributed by atoms with Crippen LogP contribution in [0.5, 0.6) is 5.75 Å². The van der Waals surface area contributed by atoms with Crippen molar-refractivity contribution >= 4 is 22.6 Å². The molecule has 0 atom stereocenters. The number of alkyl halides is 6. The summed E-state index contributed by atoms with van der Waals surface area (Å²) >= 11 is 0. The van der Waals surface area contributed by atoms with Gasteiger partial charge in [0.15, 0.2) is 6.61 Å². The third-order valence-corrected chi connectivity index (χ3v) is 3.89. The van der Waals surface area contributed by atoms with Crippen molar-refractivity contribution < 1.29 is 40.3 Å². The Balaban J connectivity index is 1.69. The Bertz CT molecular complexity index is 1130. The molecule has 0 aliphatic rings. The average molecular weight is 431 g/mol. The number of carbonyl (C=O) groups excluding carboxylic acids is 1. The van der Waals surface area contributed by atoms with Gasteiger partial charge < -0.3 is 14.5 Å². The molecule has 0 aliphatic heterocycles. The highest BCUT2D eigenvalue weighted by Crippen LogP contribution is 2.35. The van der Waals surface area contributed by atoms with E-state index in [0.717, 1.165) is 42.5 Å². The molecule has 0 saturated carbocycles. The average Bonchev–Trinajstić information content (AvgIpc) is 2.64. The molecule has 2 aromatic carbocycles. The van der Waals surface area contributed by atoms with Crippen molar-refractivity contribution in [1.29, 1.82) is 0 Å². The molecular weight excluding hydrogens is 420 g/mol. The van der Waals surface area contributed by atoms with E-state index < -0.39 is 41.6 Å². The number of halogens is 6. The lowest BCUT2D eigenvalue weighted by molar-refractivity contribution is -0.138. The second-order valence-electron chi connectivity index (χ2n) is 6.05. The zero-order chi connectivity index (χ0) is 22.1. The zero-order valence-electron chi connectivity index (χ0n) is 14.7. The minimum absolute atomic E-state index is 0.0486. The van der Waals surface area contributed by atoms with Crippen LogP contribution in [-0.4, -0.2) is 12.5 Å². The second kappa shape index (κ2) is 7.73. The van der Waals surface area contributed by atoms with Gasteiger partial charge in [0.25, 0.3) is 5.91 Å². The molecule has 0 aliphatic carbocycles. The SMILES string of the molecule is O=C(COc1ccc2c(C(F)(F)F)cc(=O)oc2c1)Nc1ccc(C(F)(F)F)cc1. The first-order valence-electron chi connectivity index (χ1n) is 8.18. The lowest BCUT2D eigenvalue weighted by Crippen LogP contribution is -2.20. The highest BCUT2D eigenvalue weighted by molar-refractivity contribution is 5.92. The Morgan fingerprint density at radius 2 is 1.60 bits per heavy atom. The molecule has 11 heteroatoms. The minimum atomic E-state index is -4.77. The van der Waals surface area contributed by atoms with E-state index in [-0.39, 0.29) is 22.4 Å². The van der Waals surface area contributed by atoms with Crippen LogP contribution in [0.2, 0.25) is 0 Å². The molecule has 1 aromatic heterocycles. The molecular formula is C19H11F6NO4. The molecule has 158 valence electrons. The smallest absolute Gasteiger partial charge is 0.417 e. The summed E-state index contributed by atoms with van der Waals surface area (Å²) in [4.78, 5) is 23.3. The fourth-order valence-electron chi connectivity index (χ4n) is 2.56. The molecule has 0 fully saturated rings. The van der Waals surface area contributed by atoms with Gasteiger partial charge in [-0.2, -0.15) is 26.3 Å². The molecule has 1 heterocycles. The van der Waals surface area contributed by atoms with E-state index in [1.807, 2.05) is 0 Å². The van der Waals surface area contributed by atoms with Crippen molar-refractivity contribution in [3.63, 3.8) is 0 Å². The lowest BCUT2D eigenvalue weighted by atomic mass is 10.1. The van der Waals surface area contributed by atoms with Gasteiger partial charge in [-0.1, -0.05) is 0 Å². The van der Waals surface area contributed by atoms with Crippen molar-refractivity contribution in [3.8, 4) is 5.75 Å². The van der Waals surface area contributed by atoms with E-state index in [2.05, 4.69) is 5.32 Å². The van der Waals surface area contributed by atoms with Crippen LogP contribution in [0.25, 0.3) is 11.0 Å². The van der Waals surface area contributed by atoms with Gasteiger partial charge >= 0.3 is 18.0 Å². The van der Waals surface area contributed by atoms with Crippen molar-refractivity contribution in [2.24, 2.45) is 0 Å². The summed E-state index contributed by atoms with van der Waals surface area (Å²) in [5.74, 6) is -0.770. The Morgan fingerprint density at radius 3 is 2.20 bits per heavy atom. The van der Waals surface area contributed by atoms with E-state index in [4.69, 9.17) is 9.15 Å². The van der Waals surface area contributed by atoms with Gasteiger partial charge in [0, 0.05) is 23.2 Å². The van der Waals surface area contributed by atoms with E-state index in [0.29, 0.717) is 6.07 Å². The number of fused-ring (bicyclic) bond motifs is 1. The van der Waals surface area contributed by atoms with Gasteiger partial charge in [-0.05, 0) is 36.4 Å². The third kappa shape index (κ3) is 4.91. The van der Waals surface area contributed by atoms with E-state index in [9.17, 15) is 35.9 Å². The fraction of sp³-hybridized carbons (Fsp3) is 0.158. The van der Waals surface area contributed by atoms with Crippen LogP contribution in [0.3, 0.4) is 0 Å². The fourth-order valence-corrected chi connectivity index (χ4v) is 2.56. The summed E-state index contributed by atoms with van der Waals surface area (Å²) in [6.07, 6.45) is -9.28. The topological polar surface area (TPSA) is 68.5 Å². The van der Waals surface area contributed by atoms with Gasteiger partial charge in [-0.25, -0.2) is 4.79 Å². The molecule has 0 unspecified atom stereocenters. The summed E-state index contributed by atoms with van der Waals surface area (Å²) in [5.41, 5.74) is -3.54. The summed E-state index contributed by atoms with van der Waals surface area (Å²) in [5, 5.41) is 1.95. The Hall–Kier alpha value is -3.50. The largest absolute Gasteiger partial charge is 0.484 e. The lowest BCUT2D eigenvalue weighted by Gasteiger charge is -2.11. The van der Waals surface area contributed by atoms with Gasteiger partial charge in [0.2, 0.25) is 0 Å². The maximum absolute atomic E-state index is 13.0. The van der Waals surface area contributed by atoms with Gasteiger partial charge in [-0.3, -0.25) is 4.79 Å². The van der Waals surface area contributed by atoms with Crippen molar-refractivity contribution in [2.75, 3.05) is 11.9 Å².